The first-order valence-corrected chi connectivity index (χ1v) is 24.2. The second-order valence-electron chi connectivity index (χ2n) is 22.9. The van der Waals surface area contributed by atoms with Gasteiger partial charge < -0.3 is 0 Å². The number of benzene rings is 5. The molecule has 0 aliphatic heterocycles. The minimum Gasteiger partial charge on any atom is -0.256 e. The third-order valence-corrected chi connectivity index (χ3v) is 14.3. The Kier molecular flexibility index (Phi) is 12.7. The molecule has 1 saturated carbocycles. The Hall–Kier alpha value is -5.31. The lowest BCUT2D eigenvalue weighted by Gasteiger charge is -2.38. The van der Waals surface area contributed by atoms with Crippen LogP contribution < -0.4 is 0 Å². The molecule has 2 aromatic heterocycles. The summed E-state index contributed by atoms with van der Waals surface area (Å²) in [6.07, 6.45) is 7.02. The number of halogens is 1. The summed E-state index contributed by atoms with van der Waals surface area (Å²) < 4.78 is 0. The standard InChI is InChI=1S/C62H69ClN2/c1-59(2,3)47-25-27-51(54(36-47)40-17-21-42(22-18-40)57-38-49(29-31-64-57)61(7,8)9)44-33-45(35-46(34-44)53-15-13-14-16-56(53)63)52-28-26-48(60(4,5)6)37-55(52)41-19-23-43(24-20-41)58-39-50(30-32-65-58)62(10,11)12/h13-32,36-39,44-46H,33-35H2,1-12H3. The lowest BCUT2D eigenvalue weighted by molar-refractivity contribution is 0.352. The molecule has 1 fully saturated rings. The summed E-state index contributed by atoms with van der Waals surface area (Å²) in [5.74, 6) is 0.912. The van der Waals surface area contributed by atoms with E-state index in [-0.39, 0.29) is 21.7 Å². The van der Waals surface area contributed by atoms with Crippen LogP contribution in [0.25, 0.3) is 44.8 Å². The van der Waals surface area contributed by atoms with Gasteiger partial charge in [0.25, 0.3) is 0 Å². The molecule has 0 saturated heterocycles. The molecule has 0 amide bonds. The van der Waals surface area contributed by atoms with Gasteiger partial charge in [0.15, 0.2) is 0 Å². The molecule has 3 heteroatoms. The first-order valence-electron chi connectivity index (χ1n) is 23.8. The number of hydrogen-bond donors (Lipinski definition) is 0. The van der Waals surface area contributed by atoms with E-state index in [0.29, 0.717) is 17.8 Å². The summed E-state index contributed by atoms with van der Waals surface area (Å²) in [5.41, 5.74) is 18.9. The fourth-order valence-electron chi connectivity index (χ4n) is 9.90. The summed E-state index contributed by atoms with van der Waals surface area (Å²) in [6.45, 7) is 27.5. The van der Waals surface area contributed by atoms with Gasteiger partial charge in [0.1, 0.15) is 0 Å². The van der Waals surface area contributed by atoms with Crippen molar-refractivity contribution in [3.8, 4) is 44.8 Å². The highest BCUT2D eigenvalue weighted by Gasteiger charge is 2.35. The average molecular weight is 878 g/mol. The van der Waals surface area contributed by atoms with Gasteiger partial charge in [0.2, 0.25) is 0 Å². The van der Waals surface area contributed by atoms with E-state index in [1.807, 2.05) is 12.4 Å². The maximum absolute atomic E-state index is 7.13. The Morgan fingerprint density at radius 3 is 1.08 bits per heavy atom. The smallest absolute Gasteiger partial charge is 0.0704 e. The van der Waals surface area contributed by atoms with E-state index in [2.05, 4.69) is 217 Å². The molecule has 8 rings (SSSR count). The summed E-state index contributed by atoms with van der Waals surface area (Å²) >= 11 is 7.13. The predicted octanol–water partition coefficient (Wildman–Crippen LogP) is 17.8. The molecule has 0 N–H and O–H groups in total. The maximum Gasteiger partial charge on any atom is 0.0704 e. The highest BCUT2D eigenvalue weighted by Crippen LogP contribution is 2.53. The Balaban J connectivity index is 1.23. The van der Waals surface area contributed by atoms with Crippen molar-refractivity contribution in [1.82, 2.24) is 9.97 Å². The minimum absolute atomic E-state index is 0.00440. The van der Waals surface area contributed by atoms with Gasteiger partial charge in [-0.05, 0) is 150 Å². The fraction of sp³-hybridized carbons (Fsp3) is 0.355. The van der Waals surface area contributed by atoms with Crippen LogP contribution in [0.1, 0.15) is 159 Å². The molecule has 2 heterocycles. The SMILES string of the molecule is CC(C)(C)c1ccnc(-c2ccc(-c3cc(C(C)(C)C)ccc3C3CC(c4ccccc4Cl)CC(c4ccc(C(C)(C)C)cc4-c4ccc(-c5cc(C(C)(C)C)ccn5)cc4)C3)cc2)c1. The number of hydrogen-bond acceptors (Lipinski definition) is 2. The van der Waals surface area contributed by atoms with Gasteiger partial charge in [-0.15, -0.1) is 0 Å². The molecular formula is C62H69ClN2. The van der Waals surface area contributed by atoms with Crippen molar-refractivity contribution < 1.29 is 0 Å². The maximum atomic E-state index is 7.13. The number of aromatic nitrogens is 2. The van der Waals surface area contributed by atoms with Crippen LogP contribution in [0, 0.1) is 0 Å². The zero-order valence-corrected chi connectivity index (χ0v) is 41.7. The van der Waals surface area contributed by atoms with E-state index in [1.165, 1.54) is 61.2 Å². The topological polar surface area (TPSA) is 25.8 Å². The van der Waals surface area contributed by atoms with Crippen molar-refractivity contribution in [3.05, 3.63) is 190 Å². The van der Waals surface area contributed by atoms with Crippen LogP contribution in [0.2, 0.25) is 5.02 Å². The Labute approximate surface area is 396 Å². The Morgan fingerprint density at radius 1 is 0.369 bits per heavy atom. The van der Waals surface area contributed by atoms with E-state index >= 15 is 0 Å². The molecule has 0 spiro atoms. The number of nitrogens with zero attached hydrogens (tertiary/aromatic N) is 2. The van der Waals surface area contributed by atoms with Gasteiger partial charge >= 0.3 is 0 Å². The third-order valence-electron chi connectivity index (χ3n) is 14.0. The van der Waals surface area contributed by atoms with Gasteiger partial charge in [0.05, 0.1) is 11.4 Å². The van der Waals surface area contributed by atoms with E-state index in [9.17, 15) is 0 Å². The molecule has 0 radical (unpaired) electrons. The third kappa shape index (κ3) is 10.2. The summed E-state index contributed by atoms with van der Waals surface area (Å²) in [6, 6.07) is 50.3. The molecule has 2 atom stereocenters. The number of pyridine rings is 2. The lowest BCUT2D eigenvalue weighted by Crippen LogP contribution is -2.22. The molecule has 2 unspecified atom stereocenters. The van der Waals surface area contributed by atoms with Crippen molar-refractivity contribution in [2.24, 2.45) is 0 Å². The van der Waals surface area contributed by atoms with E-state index in [4.69, 9.17) is 21.6 Å². The molecular weight excluding hydrogens is 808 g/mol. The van der Waals surface area contributed by atoms with Gasteiger partial charge in [-0.1, -0.05) is 198 Å². The summed E-state index contributed by atoms with van der Waals surface area (Å²) in [7, 11) is 0. The highest BCUT2D eigenvalue weighted by atomic mass is 35.5. The minimum atomic E-state index is 0.00440. The van der Waals surface area contributed by atoms with Gasteiger partial charge in [-0.3, -0.25) is 9.97 Å². The van der Waals surface area contributed by atoms with Crippen LogP contribution in [0.4, 0.5) is 0 Å². The molecule has 1 aliphatic rings. The van der Waals surface area contributed by atoms with Crippen LogP contribution in [0.5, 0.6) is 0 Å². The van der Waals surface area contributed by atoms with Crippen LogP contribution in [-0.4, -0.2) is 9.97 Å². The molecule has 1 aliphatic carbocycles. The first kappa shape index (κ1) is 46.2. The quantitative estimate of drug-likeness (QED) is 0.159. The number of rotatable bonds is 7. The molecule has 5 aromatic carbocycles. The Bertz CT molecular complexity index is 2610. The van der Waals surface area contributed by atoms with Gasteiger partial charge in [-0.25, -0.2) is 0 Å². The molecule has 7 aromatic rings. The second-order valence-corrected chi connectivity index (χ2v) is 23.3. The molecule has 2 nitrogen and oxygen atoms in total. The predicted molar refractivity (Wildman–Crippen MR) is 279 cm³/mol. The van der Waals surface area contributed by atoms with Crippen molar-refractivity contribution in [2.75, 3.05) is 0 Å². The van der Waals surface area contributed by atoms with Gasteiger partial charge in [-0.2, -0.15) is 0 Å². The second kappa shape index (κ2) is 17.8. The van der Waals surface area contributed by atoms with E-state index < -0.39 is 0 Å². The molecule has 334 valence electrons. The lowest BCUT2D eigenvalue weighted by atomic mass is 9.66. The highest BCUT2D eigenvalue weighted by molar-refractivity contribution is 6.31. The van der Waals surface area contributed by atoms with Crippen LogP contribution in [0.15, 0.2) is 146 Å². The molecule has 65 heavy (non-hydrogen) atoms. The molecule has 0 bridgehead atoms. The van der Waals surface area contributed by atoms with Crippen molar-refractivity contribution in [3.63, 3.8) is 0 Å². The zero-order chi connectivity index (χ0) is 46.5. The van der Waals surface area contributed by atoms with E-state index in [1.54, 1.807) is 0 Å². The van der Waals surface area contributed by atoms with Crippen molar-refractivity contribution in [1.29, 1.82) is 0 Å². The average Bonchev–Trinajstić information content (AvgIpc) is 3.27. The largest absolute Gasteiger partial charge is 0.256 e. The monoisotopic (exact) mass is 877 g/mol. The van der Waals surface area contributed by atoms with Gasteiger partial charge in [0, 0.05) is 28.5 Å². The first-order chi connectivity index (χ1) is 30.6. The summed E-state index contributed by atoms with van der Waals surface area (Å²) in [4.78, 5) is 9.61. The van der Waals surface area contributed by atoms with Crippen molar-refractivity contribution >= 4 is 11.6 Å². The van der Waals surface area contributed by atoms with Crippen LogP contribution >= 0.6 is 11.6 Å². The summed E-state index contributed by atoms with van der Waals surface area (Å²) in [5, 5.41) is 0.864. The fourth-order valence-corrected chi connectivity index (χ4v) is 10.2. The van der Waals surface area contributed by atoms with Crippen LogP contribution in [0.3, 0.4) is 0 Å². The van der Waals surface area contributed by atoms with Crippen molar-refractivity contribution in [2.45, 2.75) is 142 Å². The zero-order valence-electron chi connectivity index (χ0n) is 41.0. The van der Waals surface area contributed by atoms with E-state index in [0.717, 1.165) is 46.8 Å². The van der Waals surface area contributed by atoms with Crippen LogP contribution in [-0.2, 0) is 21.7 Å². The normalized spacial score (nSPS) is 17.3. The Morgan fingerprint density at radius 2 is 0.708 bits per heavy atom.